The monoisotopic (exact) mass is 251 g/mol. The van der Waals surface area contributed by atoms with E-state index in [1.165, 1.54) is 18.4 Å². The van der Waals surface area contributed by atoms with Gasteiger partial charge in [-0.05, 0) is 68.5 Å². The number of piperidine rings is 1. The molecule has 2 rings (SSSR count). The molecule has 0 amide bonds. The summed E-state index contributed by atoms with van der Waals surface area (Å²) in [6.07, 6.45) is 3.63. The Morgan fingerprint density at radius 1 is 1.28 bits per heavy atom. The first-order chi connectivity index (χ1) is 8.74. The average molecular weight is 251 g/mol. The molecule has 0 unspecified atom stereocenters. The van der Waals surface area contributed by atoms with E-state index in [2.05, 4.69) is 17.4 Å². The molecule has 1 aliphatic heterocycles. The summed E-state index contributed by atoms with van der Waals surface area (Å²) in [4.78, 5) is 0. The van der Waals surface area contributed by atoms with Crippen molar-refractivity contribution >= 4 is 0 Å². The Morgan fingerprint density at radius 3 is 2.67 bits per heavy atom. The number of rotatable bonds is 4. The maximum atomic E-state index is 5.49. The summed E-state index contributed by atoms with van der Waals surface area (Å²) < 4.78 is 10.9. The topological polar surface area (TPSA) is 30.5 Å². The van der Waals surface area contributed by atoms with Gasteiger partial charge in [-0.2, -0.15) is 0 Å². The number of hydrogen-bond donors (Lipinski definition) is 1. The van der Waals surface area contributed by atoms with Crippen LogP contribution in [0.25, 0.3) is 0 Å². The molecule has 1 aromatic carbocycles. The summed E-state index contributed by atoms with van der Waals surface area (Å²) in [6.45, 7) is 4.32. The van der Waals surface area contributed by atoms with E-state index in [-0.39, 0.29) is 1.43 Å². The number of hydrogen-bond acceptors (Lipinski definition) is 3. The van der Waals surface area contributed by atoms with Gasteiger partial charge in [-0.25, -0.2) is 0 Å². The minimum Gasteiger partial charge on any atom is -0.496 e. The van der Waals surface area contributed by atoms with Crippen LogP contribution in [0.3, 0.4) is 0 Å². The molecular weight excluding hydrogens is 226 g/mol. The SMILES string of the molecule is COc1cc(C[C@@H]2CCCNC2)c(OC)cc1C.[HH]. The van der Waals surface area contributed by atoms with Crippen LogP contribution in [0, 0.1) is 12.8 Å². The van der Waals surface area contributed by atoms with E-state index in [9.17, 15) is 0 Å². The maximum Gasteiger partial charge on any atom is 0.122 e. The van der Waals surface area contributed by atoms with Crippen molar-refractivity contribution in [2.24, 2.45) is 5.92 Å². The van der Waals surface area contributed by atoms with Crippen LogP contribution >= 0.6 is 0 Å². The smallest absolute Gasteiger partial charge is 0.122 e. The van der Waals surface area contributed by atoms with Crippen molar-refractivity contribution in [2.45, 2.75) is 26.2 Å². The Morgan fingerprint density at radius 2 is 2.06 bits per heavy atom. The zero-order chi connectivity index (χ0) is 13.0. The molecule has 3 nitrogen and oxygen atoms in total. The number of nitrogens with one attached hydrogen (secondary N) is 1. The molecular formula is C15H25NO2. The second-order valence-electron chi connectivity index (χ2n) is 5.05. The van der Waals surface area contributed by atoms with Crippen LogP contribution in [0.5, 0.6) is 11.5 Å². The van der Waals surface area contributed by atoms with Crippen molar-refractivity contribution in [1.29, 1.82) is 0 Å². The van der Waals surface area contributed by atoms with Gasteiger partial charge < -0.3 is 14.8 Å². The minimum absolute atomic E-state index is 0. The van der Waals surface area contributed by atoms with Gasteiger partial charge in [0, 0.05) is 1.43 Å². The Hall–Kier alpha value is -1.22. The quantitative estimate of drug-likeness (QED) is 0.892. The molecule has 1 aromatic rings. The van der Waals surface area contributed by atoms with E-state index >= 15 is 0 Å². The fourth-order valence-corrected chi connectivity index (χ4v) is 2.68. The Balaban J connectivity index is 0.00000180. The summed E-state index contributed by atoms with van der Waals surface area (Å²) in [5.41, 5.74) is 2.38. The van der Waals surface area contributed by atoms with Crippen molar-refractivity contribution < 1.29 is 10.9 Å². The number of benzene rings is 1. The van der Waals surface area contributed by atoms with E-state index in [1.54, 1.807) is 14.2 Å². The molecule has 1 atom stereocenters. The zero-order valence-corrected chi connectivity index (χ0v) is 11.6. The largest absolute Gasteiger partial charge is 0.496 e. The lowest BCUT2D eigenvalue weighted by Gasteiger charge is -2.24. The van der Waals surface area contributed by atoms with Gasteiger partial charge in [-0.3, -0.25) is 0 Å². The Labute approximate surface area is 111 Å². The summed E-state index contributed by atoms with van der Waals surface area (Å²) in [7, 11) is 3.46. The molecule has 0 spiro atoms. The van der Waals surface area contributed by atoms with E-state index in [0.717, 1.165) is 36.6 Å². The van der Waals surface area contributed by atoms with E-state index in [0.29, 0.717) is 5.92 Å². The van der Waals surface area contributed by atoms with Crippen LogP contribution in [-0.4, -0.2) is 27.3 Å². The molecule has 1 fully saturated rings. The third kappa shape index (κ3) is 2.96. The van der Waals surface area contributed by atoms with Crippen molar-refractivity contribution in [3.63, 3.8) is 0 Å². The second-order valence-corrected chi connectivity index (χ2v) is 5.05. The lowest BCUT2D eigenvalue weighted by Crippen LogP contribution is -2.30. The van der Waals surface area contributed by atoms with Gasteiger partial charge in [0.05, 0.1) is 14.2 Å². The molecule has 0 aromatic heterocycles. The first kappa shape index (κ1) is 13.2. The van der Waals surface area contributed by atoms with Crippen LogP contribution in [0.1, 0.15) is 25.4 Å². The van der Waals surface area contributed by atoms with Crippen molar-refractivity contribution in [3.05, 3.63) is 23.3 Å². The van der Waals surface area contributed by atoms with Gasteiger partial charge in [0.1, 0.15) is 11.5 Å². The molecule has 1 aliphatic rings. The predicted molar refractivity (Wildman–Crippen MR) is 75.7 cm³/mol. The molecule has 0 bridgehead atoms. The lowest BCUT2D eigenvalue weighted by atomic mass is 9.91. The van der Waals surface area contributed by atoms with Crippen LogP contribution in [0.2, 0.25) is 0 Å². The first-order valence-corrected chi connectivity index (χ1v) is 6.66. The lowest BCUT2D eigenvalue weighted by molar-refractivity contribution is 0.361. The molecule has 1 saturated heterocycles. The average Bonchev–Trinajstić information content (AvgIpc) is 2.41. The first-order valence-electron chi connectivity index (χ1n) is 6.66. The minimum atomic E-state index is 0. The normalized spacial score (nSPS) is 19.6. The number of aryl methyl sites for hydroxylation is 1. The van der Waals surface area contributed by atoms with Crippen LogP contribution in [0.4, 0.5) is 0 Å². The van der Waals surface area contributed by atoms with E-state index < -0.39 is 0 Å². The van der Waals surface area contributed by atoms with Crippen molar-refractivity contribution in [3.8, 4) is 11.5 Å². The summed E-state index contributed by atoms with van der Waals surface area (Å²) in [6, 6.07) is 4.20. The van der Waals surface area contributed by atoms with E-state index in [4.69, 9.17) is 9.47 Å². The molecule has 102 valence electrons. The summed E-state index contributed by atoms with van der Waals surface area (Å²) in [5, 5.41) is 3.46. The fraction of sp³-hybridized carbons (Fsp3) is 0.600. The van der Waals surface area contributed by atoms with Gasteiger partial charge in [0.15, 0.2) is 0 Å². The molecule has 0 saturated carbocycles. The fourth-order valence-electron chi connectivity index (χ4n) is 2.68. The standard InChI is InChI=1S/C15H23NO2.H2/c1-11-7-15(18-3)13(9-14(11)17-2)8-12-5-4-6-16-10-12;/h7,9,12,16H,4-6,8,10H2,1-3H3;1H/t12-;/m0./s1. The molecule has 18 heavy (non-hydrogen) atoms. The van der Waals surface area contributed by atoms with Crippen LogP contribution < -0.4 is 14.8 Å². The maximum absolute atomic E-state index is 5.49. The van der Waals surface area contributed by atoms with Crippen LogP contribution in [0.15, 0.2) is 12.1 Å². The molecule has 3 heteroatoms. The third-order valence-electron chi connectivity index (χ3n) is 3.71. The second kappa shape index (κ2) is 6.10. The van der Waals surface area contributed by atoms with Crippen molar-refractivity contribution in [1.82, 2.24) is 5.32 Å². The van der Waals surface area contributed by atoms with E-state index in [1.807, 2.05) is 6.92 Å². The van der Waals surface area contributed by atoms with Gasteiger partial charge in [0.2, 0.25) is 0 Å². The zero-order valence-electron chi connectivity index (χ0n) is 11.6. The van der Waals surface area contributed by atoms with Gasteiger partial charge in [-0.15, -0.1) is 0 Å². The highest BCUT2D eigenvalue weighted by molar-refractivity contribution is 5.46. The van der Waals surface area contributed by atoms with Crippen LogP contribution in [-0.2, 0) is 6.42 Å². The Kier molecular flexibility index (Phi) is 4.48. The highest BCUT2D eigenvalue weighted by atomic mass is 16.5. The van der Waals surface area contributed by atoms with Gasteiger partial charge in [-0.1, -0.05) is 0 Å². The highest BCUT2D eigenvalue weighted by Gasteiger charge is 2.17. The molecule has 0 radical (unpaired) electrons. The Bertz CT molecular complexity index is 403. The third-order valence-corrected chi connectivity index (χ3v) is 3.71. The van der Waals surface area contributed by atoms with Crippen molar-refractivity contribution in [2.75, 3.05) is 27.3 Å². The number of ether oxygens (including phenoxy) is 2. The summed E-state index contributed by atoms with van der Waals surface area (Å²) in [5.74, 6) is 2.65. The molecule has 1 heterocycles. The molecule has 1 N–H and O–H groups in total. The van der Waals surface area contributed by atoms with Gasteiger partial charge in [0.25, 0.3) is 0 Å². The van der Waals surface area contributed by atoms with Gasteiger partial charge >= 0.3 is 0 Å². The predicted octanol–water partition coefficient (Wildman–Crippen LogP) is 2.80. The molecule has 0 aliphatic carbocycles. The summed E-state index contributed by atoms with van der Waals surface area (Å²) >= 11 is 0. The highest BCUT2D eigenvalue weighted by Crippen LogP contribution is 2.31. The number of methoxy groups -OCH3 is 2.